The molecule has 3 rings (SSSR count). The number of carbonyl (C=O) groups is 2. The van der Waals surface area contributed by atoms with Gasteiger partial charge in [-0.25, -0.2) is 0 Å². The molecular formula is C18H18N2O3. The summed E-state index contributed by atoms with van der Waals surface area (Å²) in [6.45, 7) is 1.72. The summed E-state index contributed by atoms with van der Waals surface area (Å²) in [5.74, 6) is 0.432. The van der Waals surface area contributed by atoms with Gasteiger partial charge in [-0.2, -0.15) is 0 Å². The summed E-state index contributed by atoms with van der Waals surface area (Å²) in [6, 6.07) is 14.8. The van der Waals surface area contributed by atoms with Crippen molar-refractivity contribution in [2.45, 2.75) is 19.4 Å². The van der Waals surface area contributed by atoms with Crippen LogP contribution >= 0.6 is 0 Å². The maximum Gasteiger partial charge on any atom is 0.267 e. The maximum absolute atomic E-state index is 12.1. The molecule has 2 aromatic rings. The number of rotatable bonds is 3. The first-order chi connectivity index (χ1) is 11.0. The molecule has 0 aromatic heterocycles. The van der Waals surface area contributed by atoms with E-state index in [0.717, 1.165) is 5.56 Å². The van der Waals surface area contributed by atoms with Crippen LogP contribution in [0.4, 0.5) is 11.4 Å². The second-order valence-corrected chi connectivity index (χ2v) is 5.55. The van der Waals surface area contributed by atoms with Gasteiger partial charge >= 0.3 is 0 Å². The first kappa shape index (κ1) is 15.1. The molecule has 0 bridgehead atoms. The number of nitrogens with zero attached hydrogens (tertiary/aromatic N) is 1. The Kier molecular flexibility index (Phi) is 4.02. The highest BCUT2D eigenvalue weighted by atomic mass is 16.5. The number of ether oxygens (including phenoxy) is 1. The fourth-order valence-electron chi connectivity index (χ4n) is 2.58. The minimum Gasteiger partial charge on any atom is -0.479 e. The Morgan fingerprint density at radius 3 is 2.70 bits per heavy atom. The van der Waals surface area contributed by atoms with Gasteiger partial charge in [0.1, 0.15) is 5.75 Å². The molecule has 1 heterocycles. The SMILES string of the molecule is CC1Oc2ccc(NC(=O)Cc3ccccc3)cc2N(C)C1=O. The molecule has 0 radical (unpaired) electrons. The third-order valence-electron chi connectivity index (χ3n) is 3.79. The van der Waals surface area contributed by atoms with Gasteiger partial charge in [0.05, 0.1) is 12.1 Å². The molecule has 0 spiro atoms. The highest BCUT2D eigenvalue weighted by Gasteiger charge is 2.28. The number of anilines is 2. The van der Waals surface area contributed by atoms with Crippen molar-refractivity contribution in [1.82, 2.24) is 0 Å². The fourth-order valence-corrected chi connectivity index (χ4v) is 2.58. The summed E-state index contributed by atoms with van der Waals surface area (Å²) in [6.07, 6.45) is -0.189. The van der Waals surface area contributed by atoms with Gasteiger partial charge in [-0.15, -0.1) is 0 Å². The van der Waals surface area contributed by atoms with Crippen molar-refractivity contribution in [2.24, 2.45) is 0 Å². The van der Waals surface area contributed by atoms with Crippen LogP contribution in [0, 0.1) is 0 Å². The number of nitrogens with one attached hydrogen (secondary N) is 1. The summed E-state index contributed by atoms with van der Waals surface area (Å²) in [5, 5.41) is 2.85. The van der Waals surface area contributed by atoms with Crippen LogP contribution < -0.4 is 15.0 Å². The quantitative estimate of drug-likeness (QED) is 0.948. The molecule has 1 aliphatic rings. The molecule has 1 N–H and O–H groups in total. The Hall–Kier alpha value is -2.82. The van der Waals surface area contributed by atoms with Crippen molar-refractivity contribution < 1.29 is 14.3 Å². The second kappa shape index (κ2) is 6.12. The van der Waals surface area contributed by atoms with Gasteiger partial charge in [-0.3, -0.25) is 9.59 Å². The summed E-state index contributed by atoms with van der Waals surface area (Å²) in [5.41, 5.74) is 2.25. The van der Waals surface area contributed by atoms with Gasteiger partial charge in [0.25, 0.3) is 5.91 Å². The average Bonchev–Trinajstić information content (AvgIpc) is 2.54. The maximum atomic E-state index is 12.1. The summed E-state index contributed by atoms with van der Waals surface area (Å²) >= 11 is 0. The molecule has 23 heavy (non-hydrogen) atoms. The number of hydrogen-bond acceptors (Lipinski definition) is 3. The van der Waals surface area contributed by atoms with Gasteiger partial charge in [0, 0.05) is 12.7 Å². The highest BCUT2D eigenvalue weighted by Crippen LogP contribution is 2.35. The molecule has 5 heteroatoms. The minimum atomic E-state index is -0.494. The van der Waals surface area contributed by atoms with Crippen LogP contribution in [-0.2, 0) is 16.0 Å². The number of hydrogen-bond donors (Lipinski definition) is 1. The monoisotopic (exact) mass is 310 g/mol. The van der Waals surface area contributed by atoms with Crippen LogP contribution in [0.5, 0.6) is 5.75 Å². The number of likely N-dealkylation sites (N-methyl/N-ethyl adjacent to an activating group) is 1. The molecule has 0 aliphatic carbocycles. The zero-order chi connectivity index (χ0) is 16.4. The standard InChI is InChI=1S/C18H18N2O3/c1-12-18(22)20(2)15-11-14(8-9-16(15)23-12)19-17(21)10-13-6-4-3-5-7-13/h3-9,11-12H,10H2,1-2H3,(H,19,21). The molecular weight excluding hydrogens is 292 g/mol. The zero-order valence-corrected chi connectivity index (χ0v) is 13.1. The predicted molar refractivity (Wildman–Crippen MR) is 88.7 cm³/mol. The first-order valence-electron chi connectivity index (χ1n) is 7.46. The lowest BCUT2D eigenvalue weighted by molar-refractivity contribution is -0.125. The normalized spacial score (nSPS) is 16.5. The zero-order valence-electron chi connectivity index (χ0n) is 13.1. The van der Waals surface area contributed by atoms with Crippen molar-refractivity contribution in [2.75, 3.05) is 17.3 Å². The molecule has 1 atom stereocenters. The molecule has 0 saturated heterocycles. The van der Waals surface area contributed by atoms with Gasteiger partial charge < -0.3 is 15.0 Å². The lowest BCUT2D eigenvalue weighted by Crippen LogP contribution is -2.42. The van der Waals surface area contributed by atoms with Gasteiger partial charge in [0.15, 0.2) is 6.10 Å². The number of amides is 2. The molecule has 0 saturated carbocycles. The fraction of sp³-hybridized carbons (Fsp3) is 0.222. The molecule has 2 amide bonds. The van der Waals surface area contributed by atoms with E-state index in [4.69, 9.17) is 4.74 Å². The topological polar surface area (TPSA) is 58.6 Å². The van der Waals surface area contributed by atoms with Crippen molar-refractivity contribution in [3.63, 3.8) is 0 Å². The smallest absolute Gasteiger partial charge is 0.267 e. The van der Waals surface area contributed by atoms with E-state index >= 15 is 0 Å². The van der Waals surface area contributed by atoms with Crippen LogP contribution in [-0.4, -0.2) is 25.0 Å². The van der Waals surface area contributed by atoms with E-state index < -0.39 is 6.10 Å². The van der Waals surface area contributed by atoms with Crippen molar-refractivity contribution in [1.29, 1.82) is 0 Å². The van der Waals surface area contributed by atoms with Crippen LogP contribution in [0.1, 0.15) is 12.5 Å². The second-order valence-electron chi connectivity index (χ2n) is 5.55. The van der Waals surface area contributed by atoms with E-state index in [9.17, 15) is 9.59 Å². The summed E-state index contributed by atoms with van der Waals surface area (Å²) in [7, 11) is 1.70. The third kappa shape index (κ3) is 3.18. The Labute approximate surface area is 134 Å². The summed E-state index contributed by atoms with van der Waals surface area (Å²) < 4.78 is 5.57. The number of carbonyl (C=O) groups excluding carboxylic acids is 2. The third-order valence-corrected chi connectivity index (χ3v) is 3.79. The van der Waals surface area contributed by atoms with E-state index in [1.165, 1.54) is 0 Å². The Balaban J connectivity index is 1.75. The Bertz CT molecular complexity index is 743. The van der Waals surface area contributed by atoms with Gasteiger partial charge in [-0.1, -0.05) is 30.3 Å². The number of fused-ring (bicyclic) bond motifs is 1. The van der Waals surface area contributed by atoms with E-state index in [2.05, 4.69) is 5.32 Å². The average molecular weight is 310 g/mol. The van der Waals surface area contributed by atoms with Crippen molar-refractivity contribution >= 4 is 23.2 Å². The Morgan fingerprint density at radius 1 is 1.22 bits per heavy atom. The van der Waals surface area contributed by atoms with Crippen molar-refractivity contribution in [3.8, 4) is 5.75 Å². The van der Waals surface area contributed by atoms with E-state index in [1.54, 1.807) is 37.1 Å². The summed E-state index contributed by atoms with van der Waals surface area (Å²) in [4.78, 5) is 25.7. The number of benzene rings is 2. The predicted octanol–water partition coefficient (Wildman–Crippen LogP) is 2.61. The van der Waals surface area contributed by atoms with E-state index in [0.29, 0.717) is 23.5 Å². The minimum absolute atomic E-state index is 0.102. The van der Waals surface area contributed by atoms with Crippen molar-refractivity contribution in [3.05, 3.63) is 54.1 Å². The van der Waals surface area contributed by atoms with Crippen LogP contribution in [0.3, 0.4) is 0 Å². The largest absolute Gasteiger partial charge is 0.479 e. The van der Waals surface area contributed by atoms with Crippen LogP contribution in [0.25, 0.3) is 0 Å². The Morgan fingerprint density at radius 2 is 1.96 bits per heavy atom. The van der Waals surface area contributed by atoms with Crippen LogP contribution in [0.2, 0.25) is 0 Å². The molecule has 1 unspecified atom stereocenters. The molecule has 5 nitrogen and oxygen atoms in total. The first-order valence-corrected chi connectivity index (χ1v) is 7.46. The molecule has 118 valence electrons. The van der Waals surface area contributed by atoms with Gasteiger partial charge in [0.2, 0.25) is 5.91 Å². The molecule has 1 aliphatic heterocycles. The van der Waals surface area contributed by atoms with E-state index in [-0.39, 0.29) is 11.8 Å². The van der Waals surface area contributed by atoms with E-state index in [1.807, 2.05) is 30.3 Å². The molecule has 0 fully saturated rings. The lowest BCUT2D eigenvalue weighted by Gasteiger charge is -2.30. The lowest BCUT2D eigenvalue weighted by atomic mass is 10.1. The van der Waals surface area contributed by atoms with Crippen LogP contribution in [0.15, 0.2) is 48.5 Å². The highest BCUT2D eigenvalue weighted by molar-refractivity contribution is 6.00. The van der Waals surface area contributed by atoms with Gasteiger partial charge in [-0.05, 0) is 30.7 Å². The molecule has 2 aromatic carbocycles.